The number of fused-ring (bicyclic) bond motifs is 4. The van der Waals surface area contributed by atoms with E-state index in [4.69, 9.17) is 51.0 Å². The maximum Gasteiger partial charge on any atom is 0.272 e. The van der Waals surface area contributed by atoms with E-state index in [2.05, 4.69) is 21.3 Å². The van der Waals surface area contributed by atoms with Gasteiger partial charge in [0.1, 0.15) is 95.6 Å². The van der Waals surface area contributed by atoms with Gasteiger partial charge < -0.3 is 99.3 Å². The molecule has 32 nitrogen and oxygen atoms in total. The van der Waals surface area contributed by atoms with E-state index in [9.17, 15) is 76.3 Å². The molecule has 0 radical (unpaired) electrons. The number of aromatic nitrogens is 8. The van der Waals surface area contributed by atoms with Gasteiger partial charge in [0.25, 0.3) is 22.2 Å². The lowest BCUT2D eigenvalue weighted by atomic mass is 10.1. The molecule has 8 heterocycles. The topological polar surface area (TPSA) is 423 Å². The van der Waals surface area contributed by atoms with Gasteiger partial charge in [0.15, 0.2) is 23.0 Å². The Labute approximate surface area is 730 Å². The van der Waals surface area contributed by atoms with Crippen LogP contribution in [0, 0.1) is 44.5 Å². The largest absolute Gasteiger partial charge is 0.485 e. The van der Waals surface area contributed by atoms with Crippen LogP contribution in [0.5, 0.6) is 23.0 Å². The number of nitrogens with zero attached hydrogens (tertiary/aromatic N) is 8. The van der Waals surface area contributed by atoms with E-state index < -0.39 is 94.8 Å². The van der Waals surface area contributed by atoms with Crippen molar-refractivity contribution < 1.29 is 77.4 Å². The molecule has 12 N–H and O–H groups in total. The second kappa shape index (κ2) is 40.7. The maximum absolute atomic E-state index is 14.4. The van der Waals surface area contributed by atoms with Crippen molar-refractivity contribution in [2.24, 2.45) is 56.4 Å². The molecule has 0 bridgehead atoms. The van der Waals surface area contributed by atoms with Crippen molar-refractivity contribution in [3.8, 4) is 23.0 Å². The lowest BCUT2D eigenvalue weighted by Crippen LogP contribution is -2.28. The van der Waals surface area contributed by atoms with Crippen molar-refractivity contribution in [3.05, 3.63) is 240 Å². The number of ether oxygens (including phenoxy) is 4. The zero-order chi connectivity index (χ0) is 87.6. The number of nitrogens with one attached hydrogen (secondary N) is 4. The third-order valence-electron chi connectivity index (χ3n) is 18.1. The molecule has 634 valence electrons. The summed E-state index contributed by atoms with van der Waals surface area (Å²) in [4.78, 5) is 103. The second-order valence-electron chi connectivity index (χ2n) is 26.8. The third kappa shape index (κ3) is 21.5. The van der Waals surface area contributed by atoms with Gasteiger partial charge in [0.2, 0.25) is 21.7 Å². The number of halogens is 9. The first-order valence-electron chi connectivity index (χ1n) is 35.4. The summed E-state index contributed by atoms with van der Waals surface area (Å²) < 4.78 is 93.2. The molecule has 4 atom stereocenters. The van der Waals surface area contributed by atoms with Gasteiger partial charge in [-0.1, -0.05) is 11.6 Å². The number of rotatable bonds is 25. The van der Waals surface area contributed by atoms with Gasteiger partial charge in [0, 0.05) is 95.0 Å². The Hall–Kier alpha value is -9.47. The predicted molar refractivity (Wildman–Crippen MR) is 476 cm³/mol. The number of aliphatic hydroxyl groups excluding tert-OH is 8. The molecule has 0 unspecified atom stereocenters. The summed E-state index contributed by atoms with van der Waals surface area (Å²) in [5.41, 5.74) is -1.61. The molecule has 12 rings (SSSR count). The van der Waals surface area contributed by atoms with E-state index in [0.29, 0.717) is 31.2 Å². The summed E-state index contributed by atoms with van der Waals surface area (Å²) in [5, 5.41) is 85.6. The minimum Gasteiger partial charge on any atom is -0.485 e. The van der Waals surface area contributed by atoms with Crippen molar-refractivity contribution in [1.29, 1.82) is 0 Å². The molecule has 0 saturated carbocycles. The zero-order valence-electron chi connectivity index (χ0n) is 64.5. The van der Waals surface area contributed by atoms with Crippen LogP contribution in [0.3, 0.4) is 0 Å². The Kier molecular flexibility index (Phi) is 32.0. The van der Waals surface area contributed by atoms with Crippen LogP contribution in [0.2, 0.25) is 5.02 Å². The number of anilines is 8. The molecule has 41 heteroatoms. The first-order chi connectivity index (χ1) is 56.2. The molecule has 0 spiro atoms. The van der Waals surface area contributed by atoms with E-state index in [1.54, 1.807) is 75.6 Å². The Morgan fingerprint density at radius 3 is 0.966 bits per heavy atom. The van der Waals surface area contributed by atoms with Crippen LogP contribution in [0.15, 0.2) is 148 Å². The Balaban J connectivity index is 0.000000181. The quantitative estimate of drug-likeness (QED) is 0.0199. The van der Waals surface area contributed by atoms with Crippen molar-refractivity contribution >= 4 is 192 Å². The second-order valence-corrected chi connectivity index (χ2v) is 32.1. The Bertz CT molecular complexity index is 6210. The fraction of sp³-hybridized carbons (Fsp3) is 0.282. The Morgan fingerprint density at radius 1 is 0.378 bits per heavy atom. The first kappa shape index (κ1) is 93.4. The number of aryl methyl sites for hydroxylation is 8. The molecule has 0 aliphatic carbocycles. The van der Waals surface area contributed by atoms with Crippen molar-refractivity contribution in [1.82, 2.24) is 36.5 Å². The summed E-state index contributed by atoms with van der Waals surface area (Å²) in [5.74, 6) is -2.45. The standard InChI is InChI=1S/2C20H21FIN3O5.C19H18ClFIN3O5.C19H19FIN3O5/c1-10-17(23-14-5-4-11(22)6-13(14)21)16-18(28)15(30-9-12(27)8-26)7-24(2)19(16)25(3)20(10)29;1-24-9-16(30-10-12(27)5-6-26)19(29)18-15(8-17(28)25(2)20(18)24)23-14-4-3-11(22)7-13(14)21;1-24-6-13(30-8-10(27)7-26)17(28)14-16(15(20)19(29)25(2)18(14)24)23-12-4-3-9(22)5-11(12)21;1-23-7-15(29-9-11(26)8-25)18(28)17-14(6-16(27)24(2)19(17)23)22-13-4-3-10(21)5-12(13)20/h4-7,12,23,26-27H,8-9H2,1-3H3;3-4,7-9,12,23,26-27H,5-6,10H2,1-2H3;3-6,10,23,26-27H,7-8H2,1-2H3;3-7,11,22,25-26H,8-9H2,1-2H3/t2*12-;10-;11-/m1010/s1. The van der Waals surface area contributed by atoms with Crippen molar-refractivity contribution in [2.45, 2.75) is 37.8 Å². The number of pyridine rings is 8. The molecule has 8 aromatic heterocycles. The highest BCUT2D eigenvalue weighted by Gasteiger charge is 2.27. The van der Waals surface area contributed by atoms with Crippen molar-refractivity contribution in [2.75, 3.05) is 74.1 Å². The van der Waals surface area contributed by atoms with E-state index in [1.807, 2.05) is 90.4 Å². The van der Waals surface area contributed by atoms with Gasteiger partial charge in [-0.3, -0.25) is 56.6 Å². The van der Waals surface area contributed by atoms with E-state index in [0.717, 1.165) is 0 Å². The minimum absolute atomic E-state index is 0.0125. The molecule has 0 amide bonds. The molecular formula is C78H79ClF4I4N12O20. The number of hydrogen-bond donors (Lipinski definition) is 12. The zero-order valence-corrected chi connectivity index (χ0v) is 73.9. The normalized spacial score (nSPS) is 12.2. The lowest BCUT2D eigenvalue weighted by molar-refractivity contribution is 0.0531. The summed E-state index contributed by atoms with van der Waals surface area (Å²) in [6.45, 7) is -1.27. The van der Waals surface area contributed by atoms with Crippen LogP contribution in [-0.2, 0) is 56.4 Å². The predicted octanol–water partition coefficient (Wildman–Crippen LogP) is 7.18. The molecule has 0 saturated heterocycles. The molecule has 0 fully saturated rings. The van der Waals surface area contributed by atoms with Crippen molar-refractivity contribution in [3.63, 3.8) is 0 Å². The number of benzene rings is 4. The summed E-state index contributed by atoms with van der Waals surface area (Å²) in [7, 11) is 12.6. The highest BCUT2D eigenvalue weighted by atomic mass is 127. The van der Waals surface area contributed by atoms with Gasteiger partial charge in [0.05, 0.1) is 118 Å². The highest BCUT2D eigenvalue weighted by molar-refractivity contribution is 14.1. The van der Waals surface area contributed by atoms with Crippen LogP contribution < -0.4 is 84.2 Å². The fourth-order valence-corrected chi connectivity index (χ4v) is 14.3. The monoisotopic (exact) mass is 2120 g/mol. The first-order valence-corrected chi connectivity index (χ1v) is 40.1. The average molecular weight is 2120 g/mol. The molecule has 0 aliphatic rings. The summed E-state index contributed by atoms with van der Waals surface area (Å²) >= 11 is 14.2. The van der Waals surface area contributed by atoms with Crippen LogP contribution in [0.1, 0.15) is 12.0 Å². The lowest BCUT2D eigenvalue weighted by Gasteiger charge is -2.19. The van der Waals surface area contributed by atoms with Crippen LogP contribution in [0.4, 0.5) is 63.1 Å². The molecule has 0 aliphatic heterocycles. The number of aliphatic hydroxyl groups is 8. The SMILES string of the molecule is Cc1c(Nc2ccc(I)cc2F)c2c(=O)c(OC[C@H](O)CO)cn(C)c2n(C)c1=O.Cn1cc(OC[C@@H](O)CCO)c(=O)c2c(Nc3ccc(I)cc3F)cc(=O)n(C)c21.Cn1cc(OC[C@@H](O)CO)c(=O)c2c(Nc3ccc(I)cc3F)cc(=O)n(C)c21.Cn1cc(OC[C@H](O)CO)c(=O)c2c(Nc3ccc(I)cc3F)c(Cl)c(=O)n(C)c21. The van der Waals surface area contributed by atoms with Gasteiger partial charge in [-0.25, -0.2) is 17.6 Å². The summed E-state index contributed by atoms with van der Waals surface area (Å²) in [6.07, 6.45) is 1.28. The van der Waals surface area contributed by atoms with E-state index in [-0.39, 0.29) is 162 Å². The highest BCUT2D eigenvalue weighted by Crippen LogP contribution is 2.35. The molecule has 12 aromatic rings. The molecular weight excluding hydrogens is 2040 g/mol. The third-order valence-corrected chi connectivity index (χ3v) is 21.1. The van der Waals surface area contributed by atoms with Crippen LogP contribution in [0.25, 0.3) is 44.1 Å². The van der Waals surface area contributed by atoms with Crippen LogP contribution >= 0.6 is 102 Å². The van der Waals surface area contributed by atoms with Crippen LogP contribution in [-0.4, -0.2) is 155 Å². The maximum atomic E-state index is 14.4. The molecule has 4 aromatic carbocycles. The van der Waals surface area contributed by atoms with Gasteiger partial charge >= 0.3 is 0 Å². The smallest absolute Gasteiger partial charge is 0.272 e. The van der Waals surface area contributed by atoms with E-state index >= 15 is 0 Å². The van der Waals surface area contributed by atoms with Gasteiger partial charge in [-0.2, -0.15) is 0 Å². The Morgan fingerprint density at radius 2 is 0.655 bits per heavy atom. The van der Waals surface area contributed by atoms with Gasteiger partial charge in [-0.05, 0) is 177 Å². The van der Waals surface area contributed by atoms with Gasteiger partial charge in [-0.15, -0.1) is 0 Å². The number of hydrogen-bond acceptors (Lipinski definition) is 24. The molecule has 119 heavy (non-hydrogen) atoms. The minimum atomic E-state index is -1.17. The fourth-order valence-electron chi connectivity index (χ4n) is 12.2. The van der Waals surface area contributed by atoms with E-state index in [1.165, 1.54) is 134 Å². The summed E-state index contributed by atoms with van der Waals surface area (Å²) in [6, 6.07) is 20.5. The average Bonchev–Trinajstić information content (AvgIpc) is 0.750.